The van der Waals surface area contributed by atoms with Crippen LogP contribution in [0.1, 0.15) is 122 Å². The van der Waals surface area contributed by atoms with Crippen LogP contribution in [-0.2, 0) is 20.8 Å². The van der Waals surface area contributed by atoms with Gasteiger partial charge in [-0.2, -0.15) is 0 Å². The summed E-state index contributed by atoms with van der Waals surface area (Å²) in [6, 6.07) is 26.5. The molecule has 4 aromatic carbocycles. The predicted molar refractivity (Wildman–Crippen MR) is 279 cm³/mol. The molecule has 0 spiro atoms. The Morgan fingerprint density at radius 3 is 1.83 bits per heavy atom. The number of aryl methyl sites for hydroxylation is 3. The fourth-order valence-electron chi connectivity index (χ4n) is 9.18. The van der Waals surface area contributed by atoms with Gasteiger partial charge in [0, 0.05) is 64.0 Å². The number of carbonyl (C=O) groups excluding carboxylic acids is 3. The lowest BCUT2D eigenvalue weighted by Crippen LogP contribution is -2.26. The molecule has 2 unspecified atom stereocenters. The van der Waals surface area contributed by atoms with E-state index in [0.717, 1.165) is 92.8 Å². The second kappa shape index (κ2) is 23.4. The monoisotopic (exact) mass is 996 g/mol. The van der Waals surface area contributed by atoms with Gasteiger partial charge in [0.25, 0.3) is 0 Å². The molecule has 2 aromatic heterocycles. The Morgan fingerprint density at radius 2 is 1.23 bits per heavy atom. The number of benzene rings is 4. The average Bonchev–Trinajstić information content (AvgIpc) is 3.84. The van der Waals surface area contributed by atoms with Crippen molar-refractivity contribution in [3.05, 3.63) is 141 Å². The third kappa shape index (κ3) is 11.7. The van der Waals surface area contributed by atoms with Crippen molar-refractivity contribution in [2.24, 2.45) is 9.98 Å². The molecular weight excluding hydrogens is 936 g/mol. The molecular formula is C54H61ClN10O5S. The molecule has 6 aromatic rings. The van der Waals surface area contributed by atoms with E-state index in [4.69, 9.17) is 36.0 Å². The number of hydrogen-bond acceptors (Lipinski definition) is 11. The van der Waals surface area contributed by atoms with Crippen LogP contribution in [0.25, 0.3) is 11.4 Å². The van der Waals surface area contributed by atoms with E-state index in [2.05, 4.69) is 37.6 Å². The molecule has 0 aliphatic carbocycles. The highest BCUT2D eigenvalue weighted by molar-refractivity contribution is 7.99. The SMILES string of the molecule is CCNC(=O)CC1N=C(c2ccc(SCCC(=O)NCCCCCCNC(=O)CC3N=C(c4ccc(Cl)cc4)c4cc(OC)ccc4-n4c(C)nc(CC)c43)cc2)c2cc(OC)ccc2-n2c(C)nnc21. The van der Waals surface area contributed by atoms with Crippen molar-refractivity contribution < 1.29 is 23.9 Å². The number of fused-ring (bicyclic) bond motifs is 6. The summed E-state index contributed by atoms with van der Waals surface area (Å²) >= 11 is 7.91. The lowest BCUT2D eigenvalue weighted by molar-refractivity contribution is -0.122. The van der Waals surface area contributed by atoms with E-state index >= 15 is 0 Å². The zero-order valence-corrected chi connectivity index (χ0v) is 42.8. The lowest BCUT2D eigenvalue weighted by atomic mass is 10.00. The van der Waals surface area contributed by atoms with Crippen LogP contribution in [0.2, 0.25) is 5.02 Å². The van der Waals surface area contributed by atoms with Crippen molar-refractivity contribution in [3.8, 4) is 22.9 Å². The molecule has 0 fully saturated rings. The van der Waals surface area contributed by atoms with Gasteiger partial charge in [-0.05, 0) is 101 Å². The van der Waals surface area contributed by atoms with Crippen LogP contribution in [0.4, 0.5) is 0 Å². The Kier molecular flexibility index (Phi) is 16.7. The molecule has 0 saturated carbocycles. The highest BCUT2D eigenvalue weighted by Crippen LogP contribution is 2.38. The number of hydrogen-bond donors (Lipinski definition) is 3. The van der Waals surface area contributed by atoms with Crippen molar-refractivity contribution >= 4 is 52.5 Å². The smallest absolute Gasteiger partial charge is 0.222 e. The Bertz CT molecular complexity index is 2950. The lowest BCUT2D eigenvalue weighted by Gasteiger charge is -2.16. The molecule has 2 aliphatic rings. The van der Waals surface area contributed by atoms with Gasteiger partial charge in [-0.1, -0.05) is 55.6 Å². The van der Waals surface area contributed by atoms with Gasteiger partial charge in [0.05, 0.1) is 61.2 Å². The predicted octanol–water partition coefficient (Wildman–Crippen LogP) is 8.98. The second-order valence-corrected chi connectivity index (χ2v) is 19.1. The Labute approximate surface area is 424 Å². The number of amides is 3. The number of halogens is 1. The molecule has 0 radical (unpaired) electrons. The van der Waals surface area contributed by atoms with Crippen LogP contribution in [0.15, 0.2) is 99.8 Å². The molecule has 4 heterocycles. The minimum absolute atomic E-state index is 0.0191. The second-order valence-electron chi connectivity index (χ2n) is 17.5. The number of methoxy groups -OCH3 is 2. The van der Waals surface area contributed by atoms with E-state index in [0.29, 0.717) is 66.4 Å². The largest absolute Gasteiger partial charge is 0.497 e. The summed E-state index contributed by atoms with van der Waals surface area (Å²) in [6.45, 7) is 9.53. The van der Waals surface area contributed by atoms with Gasteiger partial charge in [0.2, 0.25) is 17.7 Å². The molecule has 15 nitrogen and oxygen atoms in total. The van der Waals surface area contributed by atoms with Crippen molar-refractivity contribution in [1.29, 1.82) is 0 Å². The Hall–Kier alpha value is -6.78. The minimum Gasteiger partial charge on any atom is -0.497 e. The molecule has 0 saturated heterocycles. The average molecular weight is 998 g/mol. The zero-order valence-electron chi connectivity index (χ0n) is 41.2. The van der Waals surface area contributed by atoms with Crippen molar-refractivity contribution in [1.82, 2.24) is 40.3 Å². The first-order valence-electron chi connectivity index (χ1n) is 24.3. The van der Waals surface area contributed by atoms with Gasteiger partial charge in [-0.25, -0.2) is 4.98 Å². The van der Waals surface area contributed by atoms with Crippen LogP contribution in [0, 0.1) is 13.8 Å². The number of aromatic nitrogens is 5. The van der Waals surface area contributed by atoms with Gasteiger partial charge in [0.15, 0.2) is 5.82 Å². The summed E-state index contributed by atoms with van der Waals surface area (Å²) in [5.74, 6) is 4.00. The number of aliphatic imine (C=N–C) groups is 2. The van der Waals surface area contributed by atoms with Crippen LogP contribution >= 0.6 is 23.4 Å². The Morgan fingerprint density at radius 1 is 0.662 bits per heavy atom. The first-order chi connectivity index (χ1) is 34.5. The molecule has 2 atom stereocenters. The highest BCUT2D eigenvalue weighted by Gasteiger charge is 2.32. The van der Waals surface area contributed by atoms with Gasteiger partial charge in [-0.3, -0.25) is 33.5 Å². The van der Waals surface area contributed by atoms with Crippen molar-refractivity contribution in [2.45, 2.75) is 96.0 Å². The van der Waals surface area contributed by atoms with Gasteiger partial charge < -0.3 is 25.4 Å². The fourth-order valence-corrected chi connectivity index (χ4v) is 10.2. The van der Waals surface area contributed by atoms with E-state index < -0.39 is 12.1 Å². The molecule has 0 bridgehead atoms. The fraction of sp³-hybridized carbons (Fsp3) is 0.370. The molecule has 2 aliphatic heterocycles. The molecule has 3 amide bonds. The maximum Gasteiger partial charge on any atom is 0.222 e. The zero-order chi connectivity index (χ0) is 50.0. The summed E-state index contributed by atoms with van der Waals surface area (Å²) in [4.78, 5) is 55.7. The normalized spacial score (nSPS) is 14.6. The topological polar surface area (TPSA) is 179 Å². The van der Waals surface area contributed by atoms with Crippen LogP contribution in [0.3, 0.4) is 0 Å². The van der Waals surface area contributed by atoms with Gasteiger partial charge >= 0.3 is 0 Å². The van der Waals surface area contributed by atoms with Gasteiger partial charge in [-0.15, -0.1) is 22.0 Å². The van der Waals surface area contributed by atoms with E-state index in [1.54, 1.807) is 26.0 Å². The maximum atomic E-state index is 13.6. The number of thioether (sulfide) groups is 1. The number of unbranched alkanes of at least 4 members (excludes halogenated alkanes) is 3. The number of nitrogens with one attached hydrogen (secondary N) is 3. The van der Waals surface area contributed by atoms with Crippen LogP contribution < -0.4 is 25.4 Å². The van der Waals surface area contributed by atoms with Crippen LogP contribution in [-0.4, -0.2) is 93.1 Å². The van der Waals surface area contributed by atoms with Gasteiger partial charge in [0.1, 0.15) is 35.2 Å². The van der Waals surface area contributed by atoms with Crippen molar-refractivity contribution in [2.75, 3.05) is 39.6 Å². The van der Waals surface area contributed by atoms with E-state index in [-0.39, 0.29) is 30.6 Å². The van der Waals surface area contributed by atoms with Crippen LogP contribution in [0.5, 0.6) is 11.5 Å². The molecule has 370 valence electrons. The third-order valence-electron chi connectivity index (χ3n) is 12.6. The summed E-state index contributed by atoms with van der Waals surface area (Å²) < 4.78 is 15.4. The molecule has 17 heteroatoms. The summed E-state index contributed by atoms with van der Waals surface area (Å²) in [6.07, 6.45) is 4.94. The highest BCUT2D eigenvalue weighted by atomic mass is 35.5. The third-order valence-corrected chi connectivity index (χ3v) is 13.9. The number of carbonyl (C=O) groups is 3. The maximum absolute atomic E-state index is 13.6. The molecule has 71 heavy (non-hydrogen) atoms. The number of ether oxygens (including phenoxy) is 2. The first-order valence-corrected chi connectivity index (χ1v) is 25.7. The molecule has 3 N–H and O–H groups in total. The number of imidazole rings is 1. The standard InChI is InChI=1S/C54H61ClN10O5S/c1-7-43-53-44(60-51(35-13-17-37(55)18-14-35)41-29-38(69-5)19-23-46(41)64(53)33(3)59-43)31-50(68)58-27-12-10-9-11-26-57-48(66)25-28-71-40-21-15-36(16-22-40)52-42-30-39(70-6)20-24-47(42)65-34(4)62-63-54(65)45(61-52)32-49(67)56-8-2/h13-24,29-30,44-45H,7-12,25-28,31-32H2,1-6H3,(H,56,67)(H,57,66)(H,58,68). The number of rotatable bonds is 21. The van der Waals surface area contributed by atoms with E-state index in [1.807, 2.05) is 110 Å². The molecule has 8 rings (SSSR count). The van der Waals surface area contributed by atoms with Crippen molar-refractivity contribution in [3.63, 3.8) is 0 Å². The van der Waals surface area contributed by atoms with E-state index in [1.165, 1.54) is 0 Å². The first kappa shape index (κ1) is 50.6. The quantitative estimate of drug-likeness (QED) is 0.0469. The summed E-state index contributed by atoms with van der Waals surface area (Å²) in [5, 5.41) is 18.5. The van der Waals surface area contributed by atoms with E-state index in [9.17, 15) is 14.4 Å². The summed E-state index contributed by atoms with van der Waals surface area (Å²) in [5.41, 5.74) is 8.66. The minimum atomic E-state index is -0.552. The number of nitrogens with zero attached hydrogens (tertiary/aromatic N) is 7. The summed E-state index contributed by atoms with van der Waals surface area (Å²) in [7, 11) is 3.28. The Balaban J connectivity index is 0.797.